The van der Waals surface area contributed by atoms with E-state index in [1.807, 2.05) is 19.1 Å². The number of hydrogen-bond acceptors (Lipinski definition) is 4. The van der Waals surface area contributed by atoms with Crippen molar-refractivity contribution in [1.29, 1.82) is 0 Å². The van der Waals surface area contributed by atoms with Crippen LogP contribution in [0.15, 0.2) is 45.9 Å². The molecule has 0 spiro atoms. The summed E-state index contributed by atoms with van der Waals surface area (Å²) in [7, 11) is -3.78. The zero-order chi connectivity index (χ0) is 19.1. The van der Waals surface area contributed by atoms with Gasteiger partial charge < -0.3 is 0 Å². The third-order valence-electron chi connectivity index (χ3n) is 3.88. The normalized spacial score (nSPS) is 11.6. The van der Waals surface area contributed by atoms with Crippen molar-refractivity contribution in [2.75, 3.05) is 4.72 Å². The third kappa shape index (κ3) is 3.66. The molecule has 0 amide bonds. The fourth-order valence-electron chi connectivity index (χ4n) is 2.89. The predicted molar refractivity (Wildman–Crippen MR) is 105 cm³/mol. The van der Waals surface area contributed by atoms with Gasteiger partial charge in [-0.05, 0) is 68.7 Å². The van der Waals surface area contributed by atoms with Crippen LogP contribution >= 0.6 is 15.9 Å². The predicted octanol–water partition coefficient (Wildman–Crippen LogP) is 4.06. The van der Waals surface area contributed by atoms with E-state index in [0.29, 0.717) is 28.5 Å². The second kappa shape index (κ2) is 6.85. The molecule has 3 rings (SSSR count). The molecule has 1 aromatic carbocycles. The van der Waals surface area contributed by atoms with Gasteiger partial charge in [-0.2, -0.15) is 9.78 Å². The number of aryl methyl sites for hydroxylation is 4. The second-order valence-electron chi connectivity index (χ2n) is 6.25. The Hall–Kier alpha value is -2.19. The number of sulfonamides is 1. The zero-order valence-corrected chi connectivity index (χ0v) is 17.3. The average Bonchev–Trinajstić information content (AvgIpc) is 2.85. The minimum atomic E-state index is -3.78. The largest absolute Gasteiger partial charge is 0.263 e. The summed E-state index contributed by atoms with van der Waals surface area (Å²) in [5.74, 6) is 0.905. The Kier molecular flexibility index (Phi) is 4.90. The number of nitrogens with zero attached hydrogens (tertiary/aromatic N) is 3. The van der Waals surface area contributed by atoms with Gasteiger partial charge in [-0.15, -0.1) is 0 Å². The number of nitrogens with one attached hydrogen (secondary N) is 1. The van der Waals surface area contributed by atoms with Gasteiger partial charge in [-0.3, -0.25) is 4.72 Å². The van der Waals surface area contributed by atoms with E-state index in [1.165, 1.54) is 4.68 Å². The summed E-state index contributed by atoms with van der Waals surface area (Å²) in [5.41, 5.74) is 3.04. The molecule has 0 radical (unpaired) electrons. The summed E-state index contributed by atoms with van der Waals surface area (Å²) in [6.07, 6.45) is 1.67. The van der Waals surface area contributed by atoms with Crippen molar-refractivity contribution in [2.24, 2.45) is 0 Å². The molecule has 1 N–H and O–H groups in total. The topological polar surface area (TPSA) is 76.9 Å². The van der Waals surface area contributed by atoms with Gasteiger partial charge in [0.2, 0.25) is 0 Å². The summed E-state index contributed by atoms with van der Waals surface area (Å²) in [5, 5.41) is 4.38. The number of pyridine rings is 1. The van der Waals surface area contributed by atoms with Gasteiger partial charge in [0.05, 0.1) is 10.6 Å². The number of benzene rings is 1. The summed E-state index contributed by atoms with van der Waals surface area (Å²) >= 11 is 3.40. The first kappa shape index (κ1) is 18.6. The van der Waals surface area contributed by atoms with E-state index in [2.05, 4.69) is 30.7 Å². The molecule has 26 heavy (non-hydrogen) atoms. The molecule has 3 aromatic rings. The summed E-state index contributed by atoms with van der Waals surface area (Å²) in [6, 6.07) is 8.97. The van der Waals surface area contributed by atoms with Crippen LogP contribution in [0.1, 0.15) is 22.4 Å². The third-order valence-corrected chi connectivity index (χ3v) is 6.00. The number of rotatable bonds is 4. The minimum absolute atomic E-state index is 0.267. The first-order valence-electron chi connectivity index (χ1n) is 7.96. The highest BCUT2D eigenvalue weighted by molar-refractivity contribution is 9.10. The quantitative estimate of drug-likeness (QED) is 0.671. The zero-order valence-electron chi connectivity index (χ0n) is 14.9. The maximum absolute atomic E-state index is 13.0. The summed E-state index contributed by atoms with van der Waals surface area (Å²) < 4.78 is 31.1. The lowest BCUT2D eigenvalue weighted by Gasteiger charge is -2.14. The number of aromatic nitrogens is 3. The standard InChI is InChI=1S/C18H19BrN4O2S/c1-11-5-6-20-16(7-11)23-17(10-14(4)21-23)22-26(24,25)18-12(2)8-15(19)9-13(18)3/h5-10,22H,1-4H3. The van der Waals surface area contributed by atoms with Crippen molar-refractivity contribution in [3.05, 3.63) is 63.4 Å². The van der Waals surface area contributed by atoms with Crippen LogP contribution in [0, 0.1) is 27.7 Å². The maximum atomic E-state index is 13.0. The molecule has 136 valence electrons. The number of hydrogen-bond donors (Lipinski definition) is 1. The van der Waals surface area contributed by atoms with Crippen LogP contribution in [0.25, 0.3) is 5.82 Å². The first-order valence-corrected chi connectivity index (χ1v) is 10.2. The van der Waals surface area contributed by atoms with Crippen LogP contribution in [-0.4, -0.2) is 23.2 Å². The van der Waals surface area contributed by atoms with Crippen LogP contribution < -0.4 is 4.72 Å². The molecule has 2 heterocycles. The van der Waals surface area contributed by atoms with Crippen LogP contribution in [0.4, 0.5) is 5.82 Å². The maximum Gasteiger partial charge on any atom is 0.263 e. The van der Waals surface area contributed by atoms with E-state index in [4.69, 9.17) is 0 Å². The van der Waals surface area contributed by atoms with Crippen LogP contribution in [0.3, 0.4) is 0 Å². The van der Waals surface area contributed by atoms with E-state index in [1.54, 1.807) is 45.2 Å². The van der Waals surface area contributed by atoms with Gasteiger partial charge in [-0.1, -0.05) is 15.9 Å². The van der Waals surface area contributed by atoms with Gasteiger partial charge in [0.1, 0.15) is 5.82 Å². The Labute approximate surface area is 161 Å². The Bertz CT molecular complexity index is 1070. The molecular weight excluding hydrogens is 416 g/mol. The second-order valence-corrected chi connectivity index (χ2v) is 8.78. The van der Waals surface area contributed by atoms with Gasteiger partial charge in [0.15, 0.2) is 5.82 Å². The monoisotopic (exact) mass is 434 g/mol. The lowest BCUT2D eigenvalue weighted by Crippen LogP contribution is -2.18. The Morgan fingerprint density at radius 2 is 1.69 bits per heavy atom. The molecule has 0 aliphatic heterocycles. The van der Waals surface area contributed by atoms with Crippen molar-refractivity contribution >= 4 is 31.8 Å². The first-order chi connectivity index (χ1) is 12.2. The van der Waals surface area contributed by atoms with Crippen molar-refractivity contribution < 1.29 is 8.42 Å². The van der Waals surface area contributed by atoms with Gasteiger partial charge in [-0.25, -0.2) is 13.4 Å². The highest BCUT2D eigenvalue weighted by Crippen LogP contribution is 2.27. The highest BCUT2D eigenvalue weighted by atomic mass is 79.9. The lowest BCUT2D eigenvalue weighted by molar-refractivity contribution is 0.599. The van der Waals surface area contributed by atoms with E-state index in [-0.39, 0.29) is 4.90 Å². The van der Waals surface area contributed by atoms with Crippen molar-refractivity contribution in [2.45, 2.75) is 32.6 Å². The van der Waals surface area contributed by atoms with Crippen LogP contribution in [0.2, 0.25) is 0 Å². The number of halogens is 1. The smallest absolute Gasteiger partial charge is 0.263 e. The molecule has 0 atom stereocenters. The van der Waals surface area contributed by atoms with E-state index in [9.17, 15) is 8.42 Å². The molecule has 0 bridgehead atoms. The molecule has 6 nitrogen and oxygen atoms in total. The van der Waals surface area contributed by atoms with Crippen LogP contribution in [0.5, 0.6) is 0 Å². The molecule has 8 heteroatoms. The fourth-order valence-corrected chi connectivity index (χ4v) is 5.07. The molecule has 0 saturated carbocycles. The molecule has 2 aromatic heterocycles. The van der Waals surface area contributed by atoms with Crippen LogP contribution in [-0.2, 0) is 10.0 Å². The molecule has 0 unspecified atom stereocenters. The van der Waals surface area contributed by atoms with Crippen molar-refractivity contribution in [1.82, 2.24) is 14.8 Å². The lowest BCUT2D eigenvalue weighted by atomic mass is 10.2. The molecule has 0 aliphatic rings. The minimum Gasteiger partial charge on any atom is -0.263 e. The van der Waals surface area contributed by atoms with Crippen molar-refractivity contribution in [3.63, 3.8) is 0 Å². The van der Waals surface area contributed by atoms with Gasteiger partial charge in [0.25, 0.3) is 10.0 Å². The Morgan fingerprint density at radius 3 is 2.31 bits per heavy atom. The highest BCUT2D eigenvalue weighted by Gasteiger charge is 2.22. The summed E-state index contributed by atoms with van der Waals surface area (Å²) in [6.45, 7) is 7.30. The average molecular weight is 435 g/mol. The van der Waals surface area contributed by atoms with E-state index >= 15 is 0 Å². The van der Waals surface area contributed by atoms with Gasteiger partial charge in [0, 0.05) is 16.7 Å². The van der Waals surface area contributed by atoms with Gasteiger partial charge >= 0.3 is 0 Å². The molecule has 0 fully saturated rings. The van der Waals surface area contributed by atoms with Crippen molar-refractivity contribution in [3.8, 4) is 5.82 Å². The Morgan fingerprint density at radius 1 is 1.04 bits per heavy atom. The summed E-state index contributed by atoms with van der Waals surface area (Å²) in [4.78, 5) is 4.56. The fraction of sp³-hybridized carbons (Fsp3) is 0.222. The number of anilines is 1. The Balaban J connectivity index is 2.07. The van der Waals surface area contributed by atoms with E-state index < -0.39 is 10.0 Å². The molecule has 0 saturated heterocycles. The molecular formula is C18H19BrN4O2S. The molecule has 0 aliphatic carbocycles. The SMILES string of the molecule is Cc1ccnc(-n2nc(C)cc2NS(=O)(=O)c2c(C)cc(Br)cc2C)c1. The van der Waals surface area contributed by atoms with E-state index in [0.717, 1.165) is 10.0 Å².